The summed E-state index contributed by atoms with van der Waals surface area (Å²) in [5.74, 6) is 0.376. The molecule has 0 fully saturated rings. The Hall–Kier alpha value is -1.76. The van der Waals surface area contributed by atoms with E-state index in [1.807, 2.05) is 29.3 Å². The van der Waals surface area contributed by atoms with Crippen molar-refractivity contribution >= 4 is 42.4 Å². The molecule has 0 saturated carbocycles. The highest BCUT2D eigenvalue weighted by atomic mass is 35.5. The van der Waals surface area contributed by atoms with Gasteiger partial charge in [0.15, 0.2) is 18.5 Å². The summed E-state index contributed by atoms with van der Waals surface area (Å²) in [6, 6.07) is 9.68. The van der Waals surface area contributed by atoms with Gasteiger partial charge in [-0.2, -0.15) is 4.57 Å². The number of benzene rings is 2. The molecular formula is C31H42Cl2NO5PS. The van der Waals surface area contributed by atoms with E-state index >= 15 is 0 Å². The van der Waals surface area contributed by atoms with Crippen LogP contribution in [0.2, 0.25) is 10.0 Å². The normalized spacial score (nSPS) is 12.7. The van der Waals surface area contributed by atoms with Crippen molar-refractivity contribution in [1.29, 1.82) is 0 Å². The first-order valence-electron chi connectivity index (χ1n) is 14.6. The molecule has 226 valence electrons. The van der Waals surface area contributed by atoms with Crippen LogP contribution in [0, 0.1) is 6.92 Å². The standard InChI is InChI=1S/C31H42Cl2NO5PS/c1-3-4-5-6-7-8-9-10-11-12-13-14-18-37-30-21-31(29(33)20-28(30)32)39-40(35,36)38-27-17-15-16-26(19-27)23-34-22-25(2)41-24-34/h15-17,19-22,24H,3-14,18,23H2,1-2H3. The van der Waals surface area contributed by atoms with Crippen molar-refractivity contribution in [2.45, 2.75) is 97.4 Å². The number of hydrogen-bond acceptors (Lipinski definition) is 6. The Labute approximate surface area is 259 Å². The van der Waals surface area contributed by atoms with Gasteiger partial charge in [0.25, 0.3) is 0 Å². The van der Waals surface area contributed by atoms with E-state index in [-0.39, 0.29) is 21.5 Å². The molecule has 0 bridgehead atoms. The largest absolute Gasteiger partial charge is 0.736 e. The highest BCUT2D eigenvalue weighted by Crippen LogP contribution is 2.45. The average Bonchev–Trinajstić information content (AvgIpc) is 3.33. The molecule has 0 saturated heterocycles. The van der Waals surface area contributed by atoms with Gasteiger partial charge in [-0.1, -0.05) is 124 Å². The van der Waals surface area contributed by atoms with Gasteiger partial charge in [0.05, 0.1) is 21.5 Å². The van der Waals surface area contributed by atoms with Gasteiger partial charge < -0.3 is 18.7 Å². The van der Waals surface area contributed by atoms with E-state index in [9.17, 15) is 9.46 Å². The predicted molar refractivity (Wildman–Crippen MR) is 167 cm³/mol. The highest BCUT2D eigenvalue weighted by molar-refractivity contribution is 7.46. The summed E-state index contributed by atoms with van der Waals surface area (Å²) in [5, 5.41) is 0.335. The molecule has 1 unspecified atom stereocenters. The van der Waals surface area contributed by atoms with Crippen molar-refractivity contribution in [3.05, 3.63) is 68.6 Å². The van der Waals surface area contributed by atoms with Crippen LogP contribution in [0.3, 0.4) is 0 Å². The van der Waals surface area contributed by atoms with Gasteiger partial charge in [-0.15, -0.1) is 0 Å². The van der Waals surface area contributed by atoms with Gasteiger partial charge in [-0.25, -0.2) is 4.57 Å². The predicted octanol–water partition coefficient (Wildman–Crippen LogP) is 9.71. The van der Waals surface area contributed by atoms with Gasteiger partial charge in [-0.3, -0.25) is 0 Å². The van der Waals surface area contributed by atoms with Gasteiger partial charge in [0, 0.05) is 11.6 Å². The summed E-state index contributed by atoms with van der Waals surface area (Å²) < 4.78 is 31.0. The van der Waals surface area contributed by atoms with E-state index in [1.165, 1.54) is 81.2 Å². The summed E-state index contributed by atoms with van der Waals surface area (Å²) in [7, 11) is -4.79. The number of ether oxygens (including phenoxy) is 1. The van der Waals surface area contributed by atoms with Gasteiger partial charge in [-0.05, 0) is 31.5 Å². The fraction of sp³-hybridized carbons (Fsp3) is 0.516. The van der Waals surface area contributed by atoms with Crippen LogP contribution < -0.4 is 23.2 Å². The Kier molecular flexibility index (Phi) is 14.8. The van der Waals surface area contributed by atoms with Gasteiger partial charge in [0.2, 0.25) is 5.51 Å². The Morgan fingerprint density at radius 1 is 0.854 bits per heavy atom. The number of thiazole rings is 1. The molecule has 0 aliphatic heterocycles. The van der Waals surface area contributed by atoms with Crippen LogP contribution in [-0.4, -0.2) is 6.61 Å². The molecule has 1 aromatic heterocycles. The Bertz CT molecular complexity index is 1250. The molecule has 0 radical (unpaired) electrons. The third-order valence-electron chi connectivity index (χ3n) is 6.65. The number of phosphoric ester groups is 1. The van der Waals surface area contributed by atoms with Crippen LogP contribution in [0.15, 0.2) is 48.1 Å². The lowest BCUT2D eigenvalue weighted by Gasteiger charge is -2.24. The summed E-state index contributed by atoms with van der Waals surface area (Å²) in [4.78, 5) is 13.9. The molecule has 10 heteroatoms. The minimum atomic E-state index is -4.79. The van der Waals surface area contributed by atoms with Crippen LogP contribution in [0.1, 0.15) is 94.4 Å². The number of hydrogen-bond donors (Lipinski definition) is 0. The van der Waals surface area contributed by atoms with E-state index in [0.717, 1.165) is 18.4 Å². The van der Waals surface area contributed by atoms with Crippen LogP contribution in [-0.2, 0) is 11.1 Å². The second kappa shape index (κ2) is 18.0. The molecule has 0 spiro atoms. The average molecular weight is 643 g/mol. The van der Waals surface area contributed by atoms with Crippen molar-refractivity contribution in [2.75, 3.05) is 6.61 Å². The van der Waals surface area contributed by atoms with Gasteiger partial charge >= 0.3 is 7.82 Å². The number of nitrogens with zero attached hydrogens (tertiary/aromatic N) is 1. The minimum Gasteiger partial charge on any atom is -0.736 e. The first-order chi connectivity index (χ1) is 19.8. The monoisotopic (exact) mass is 641 g/mol. The molecule has 2 aromatic carbocycles. The quantitative estimate of drug-likeness (QED) is 0.0697. The number of rotatable bonds is 20. The van der Waals surface area contributed by atoms with Crippen molar-refractivity contribution in [3.63, 3.8) is 0 Å². The maximum Gasteiger partial charge on any atom is 0.372 e. The molecule has 0 aliphatic carbocycles. The fourth-order valence-corrected chi connectivity index (χ4v) is 6.49. The number of aromatic nitrogens is 1. The number of phosphoric acid groups is 1. The zero-order valence-corrected chi connectivity index (χ0v) is 27.3. The van der Waals surface area contributed by atoms with Crippen molar-refractivity contribution in [3.8, 4) is 17.2 Å². The molecule has 0 aliphatic rings. The molecule has 0 amide bonds. The van der Waals surface area contributed by atoms with Crippen molar-refractivity contribution in [1.82, 2.24) is 0 Å². The molecule has 1 heterocycles. The molecule has 0 N–H and O–H groups in total. The first-order valence-corrected chi connectivity index (χ1v) is 17.7. The lowest BCUT2D eigenvalue weighted by Crippen LogP contribution is -2.30. The zero-order valence-electron chi connectivity index (χ0n) is 24.1. The van der Waals surface area contributed by atoms with E-state index in [1.54, 1.807) is 29.5 Å². The van der Waals surface area contributed by atoms with E-state index < -0.39 is 7.82 Å². The Balaban J connectivity index is 1.42. The minimum absolute atomic E-state index is 0.0466. The molecule has 3 aromatic rings. The molecule has 41 heavy (non-hydrogen) atoms. The Morgan fingerprint density at radius 2 is 1.49 bits per heavy atom. The second-order valence-corrected chi connectivity index (χ2v) is 13.5. The molecule has 1 atom stereocenters. The van der Waals surface area contributed by atoms with Gasteiger partial charge in [0.1, 0.15) is 11.5 Å². The van der Waals surface area contributed by atoms with Crippen molar-refractivity contribution < 1.29 is 27.8 Å². The van der Waals surface area contributed by atoms with Crippen LogP contribution in [0.25, 0.3) is 0 Å². The molecule has 6 nitrogen and oxygen atoms in total. The fourth-order valence-electron chi connectivity index (χ4n) is 4.52. The third kappa shape index (κ3) is 13.0. The van der Waals surface area contributed by atoms with E-state index in [0.29, 0.717) is 18.9 Å². The smallest absolute Gasteiger partial charge is 0.372 e. The summed E-state index contributed by atoms with van der Waals surface area (Å²) in [6.45, 7) is 5.34. The summed E-state index contributed by atoms with van der Waals surface area (Å²) >= 11 is 14.2. The lowest BCUT2D eigenvalue weighted by atomic mass is 10.1. The third-order valence-corrected chi connectivity index (χ3v) is 8.95. The topological polar surface area (TPSA) is 71.7 Å². The van der Waals surface area contributed by atoms with Crippen LogP contribution in [0.4, 0.5) is 0 Å². The van der Waals surface area contributed by atoms with E-state index in [2.05, 4.69) is 6.92 Å². The van der Waals surface area contributed by atoms with Crippen molar-refractivity contribution in [2.24, 2.45) is 0 Å². The van der Waals surface area contributed by atoms with Crippen LogP contribution in [0.5, 0.6) is 17.2 Å². The lowest BCUT2D eigenvalue weighted by molar-refractivity contribution is -0.683. The first kappa shape index (κ1) is 33.7. The van der Waals surface area contributed by atoms with Crippen LogP contribution >= 0.6 is 42.4 Å². The SMILES string of the molecule is CCCCCCCCCCCCCCOc1cc(OP(=O)([O-])Oc2cccc(C[n+]3csc(C)c3)c2)c(Cl)cc1Cl. The summed E-state index contributed by atoms with van der Waals surface area (Å²) in [5.41, 5.74) is 2.90. The summed E-state index contributed by atoms with van der Waals surface area (Å²) in [6.07, 6.45) is 17.1. The number of aryl methyl sites for hydroxylation is 1. The second-order valence-electron chi connectivity index (χ2n) is 10.4. The number of unbranched alkanes of at least 4 members (excludes halogenated alkanes) is 11. The maximum atomic E-state index is 12.7. The number of halogens is 2. The zero-order chi connectivity index (χ0) is 29.5. The highest BCUT2D eigenvalue weighted by Gasteiger charge is 2.19. The van der Waals surface area contributed by atoms with E-state index in [4.69, 9.17) is 37.0 Å². The molecule has 3 rings (SSSR count). The maximum absolute atomic E-state index is 12.7. The molecular weight excluding hydrogens is 600 g/mol. The Morgan fingerprint density at radius 3 is 2.12 bits per heavy atom.